The van der Waals surface area contributed by atoms with Crippen LogP contribution < -0.4 is 9.47 Å². The predicted octanol–water partition coefficient (Wildman–Crippen LogP) is 4.44. The minimum Gasteiger partial charge on any atom is -0.494 e. The molecule has 0 unspecified atom stereocenters. The van der Waals surface area contributed by atoms with Crippen LogP contribution >= 0.6 is 0 Å². The van der Waals surface area contributed by atoms with Gasteiger partial charge in [0.1, 0.15) is 22.9 Å². The maximum Gasteiger partial charge on any atom is 0.362 e. The smallest absolute Gasteiger partial charge is 0.362 e. The predicted molar refractivity (Wildman–Crippen MR) is 101 cm³/mol. The first-order valence-electron chi connectivity index (χ1n) is 9.23. The monoisotopic (exact) mass is 371 g/mol. The highest BCUT2D eigenvalue weighted by Crippen LogP contribution is 2.19. The van der Waals surface area contributed by atoms with Crippen LogP contribution in [-0.4, -0.2) is 30.1 Å². The Kier molecular flexibility index (Phi) is 8.29. The second-order valence-electron chi connectivity index (χ2n) is 5.90. The second-order valence-corrected chi connectivity index (χ2v) is 5.90. The summed E-state index contributed by atoms with van der Waals surface area (Å²) in [6.07, 6.45) is 4.58. The normalized spacial score (nSPS) is 10.3. The van der Waals surface area contributed by atoms with Crippen LogP contribution in [0.25, 0.3) is 0 Å². The van der Waals surface area contributed by atoms with Crippen LogP contribution in [-0.2, 0) is 4.74 Å². The van der Waals surface area contributed by atoms with E-state index < -0.39 is 11.9 Å². The number of nitrogens with zero attached hydrogens (tertiary/aromatic N) is 1. The number of unbranched alkanes of at least 4 members (excludes halogenated alkanes) is 3. The van der Waals surface area contributed by atoms with Gasteiger partial charge in [0.2, 0.25) is 0 Å². The van der Waals surface area contributed by atoms with E-state index in [9.17, 15) is 9.59 Å². The molecule has 0 bridgehead atoms. The summed E-state index contributed by atoms with van der Waals surface area (Å²) in [6, 6.07) is 11.4. The average molecular weight is 371 g/mol. The highest BCUT2D eigenvalue weighted by Gasteiger charge is 2.15. The minimum absolute atomic E-state index is 0.0387. The third-order valence-corrected chi connectivity index (χ3v) is 3.74. The molecule has 2 aromatic rings. The Hall–Kier alpha value is -2.89. The van der Waals surface area contributed by atoms with Gasteiger partial charge in [-0.25, -0.2) is 14.6 Å². The van der Waals surface area contributed by atoms with Gasteiger partial charge < -0.3 is 14.2 Å². The van der Waals surface area contributed by atoms with Crippen LogP contribution in [0.15, 0.2) is 42.5 Å². The molecule has 0 fully saturated rings. The van der Waals surface area contributed by atoms with Crippen molar-refractivity contribution in [1.82, 2.24) is 4.98 Å². The van der Waals surface area contributed by atoms with Gasteiger partial charge in [-0.2, -0.15) is 0 Å². The van der Waals surface area contributed by atoms with E-state index in [1.807, 2.05) is 0 Å². The van der Waals surface area contributed by atoms with Crippen molar-refractivity contribution in [2.75, 3.05) is 13.2 Å². The molecule has 0 saturated carbocycles. The molecule has 1 heterocycles. The summed E-state index contributed by atoms with van der Waals surface area (Å²) in [5.74, 6) is -0.114. The van der Waals surface area contributed by atoms with Crippen molar-refractivity contribution in [2.24, 2.45) is 0 Å². The zero-order valence-corrected chi connectivity index (χ0v) is 15.8. The van der Waals surface area contributed by atoms with Crippen LogP contribution in [0.1, 0.15) is 60.5 Å². The molecule has 0 aliphatic carbocycles. The number of benzene rings is 1. The molecule has 1 aromatic heterocycles. The van der Waals surface area contributed by atoms with Crippen molar-refractivity contribution in [1.29, 1.82) is 0 Å². The highest BCUT2D eigenvalue weighted by molar-refractivity contribution is 5.92. The topological polar surface area (TPSA) is 74.7 Å². The lowest BCUT2D eigenvalue weighted by atomic mass is 10.2. The standard InChI is InChI=1S/C21H25NO5/c1-3-5-6-7-15-26-16-11-13-17(14-12-16)27-21(24)19-10-8-9-18(22-19)20(23)25-4-2/h8-14H,3-7,15H2,1-2H3. The lowest BCUT2D eigenvalue weighted by Crippen LogP contribution is -2.14. The lowest BCUT2D eigenvalue weighted by Gasteiger charge is -2.08. The quantitative estimate of drug-likeness (QED) is 0.349. The first kappa shape index (κ1) is 20.4. The molecule has 1 aromatic carbocycles. The minimum atomic E-state index is -0.644. The number of aromatic nitrogens is 1. The molecular formula is C21H25NO5. The van der Waals surface area contributed by atoms with Gasteiger partial charge in [-0.05, 0) is 49.7 Å². The molecule has 0 aliphatic heterocycles. The number of carbonyl (C=O) groups excluding carboxylic acids is 2. The first-order chi connectivity index (χ1) is 13.1. The number of esters is 2. The molecular weight excluding hydrogens is 346 g/mol. The van der Waals surface area contributed by atoms with Crippen molar-refractivity contribution in [2.45, 2.75) is 39.5 Å². The van der Waals surface area contributed by atoms with Gasteiger partial charge in [0.05, 0.1) is 13.2 Å². The molecule has 0 spiro atoms. The molecule has 0 N–H and O–H groups in total. The van der Waals surface area contributed by atoms with Gasteiger partial charge in [0.15, 0.2) is 0 Å². The van der Waals surface area contributed by atoms with Crippen molar-refractivity contribution in [3.05, 3.63) is 53.9 Å². The van der Waals surface area contributed by atoms with E-state index in [1.54, 1.807) is 37.3 Å². The molecule has 0 saturated heterocycles. The first-order valence-corrected chi connectivity index (χ1v) is 9.23. The molecule has 144 valence electrons. The van der Waals surface area contributed by atoms with Crippen molar-refractivity contribution in [3.8, 4) is 11.5 Å². The summed E-state index contributed by atoms with van der Waals surface area (Å²) in [4.78, 5) is 27.9. The summed E-state index contributed by atoms with van der Waals surface area (Å²) in [5.41, 5.74) is 0.106. The van der Waals surface area contributed by atoms with Gasteiger partial charge in [-0.1, -0.05) is 32.3 Å². The third kappa shape index (κ3) is 6.73. The number of ether oxygens (including phenoxy) is 3. The maximum absolute atomic E-state index is 12.2. The summed E-state index contributed by atoms with van der Waals surface area (Å²) in [7, 11) is 0. The fraction of sp³-hybridized carbons (Fsp3) is 0.381. The average Bonchev–Trinajstić information content (AvgIpc) is 2.69. The molecule has 0 radical (unpaired) electrons. The second kappa shape index (κ2) is 11.0. The molecule has 2 rings (SSSR count). The Labute approximate surface area is 159 Å². The maximum atomic E-state index is 12.2. The van der Waals surface area contributed by atoms with E-state index >= 15 is 0 Å². The zero-order valence-electron chi connectivity index (χ0n) is 15.8. The highest BCUT2D eigenvalue weighted by atomic mass is 16.5. The third-order valence-electron chi connectivity index (χ3n) is 3.74. The summed E-state index contributed by atoms with van der Waals surface area (Å²) in [5, 5.41) is 0. The van der Waals surface area contributed by atoms with Gasteiger partial charge in [-0.3, -0.25) is 0 Å². The van der Waals surface area contributed by atoms with Gasteiger partial charge in [0.25, 0.3) is 0 Å². The SMILES string of the molecule is CCCCCCOc1ccc(OC(=O)c2cccc(C(=O)OCC)n2)cc1. The molecule has 6 nitrogen and oxygen atoms in total. The van der Waals surface area contributed by atoms with Gasteiger partial charge in [0, 0.05) is 0 Å². The molecule has 0 amide bonds. The van der Waals surface area contributed by atoms with E-state index in [2.05, 4.69) is 11.9 Å². The number of hydrogen-bond acceptors (Lipinski definition) is 6. The van der Waals surface area contributed by atoms with Crippen LogP contribution in [0, 0.1) is 0 Å². The van der Waals surface area contributed by atoms with Crippen LogP contribution in [0.4, 0.5) is 0 Å². The van der Waals surface area contributed by atoms with Crippen molar-refractivity contribution < 1.29 is 23.8 Å². The summed E-state index contributed by atoms with van der Waals surface area (Å²) < 4.78 is 15.8. The summed E-state index contributed by atoms with van der Waals surface area (Å²) >= 11 is 0. The summed E-state index contributed by atoms with van der Waals surface area (Å²) in [6.45, 7) is 4.78. The zero-order chi connectivity index (χ0) is 19.5. The number of pyridine rings is 1. The fourth-order valence-corrected chi connectivity index (χ4v) is 2.35. The molecule has 6 heteroatoms. The Morgan fingerprint density at radius 1 is 0.852 bits per heavy atom. The fourth-order valence-electron chi connectivity index (χ4n) is 2.35. The number of hydrogen-bond donors (Lipinski definition) is 0. The molecule has 27 heavy (non-hydrogen) atoms. The Bertz CT molecular complexity index is 742. The molecule has 0 aliphatic rings. The Morgan fingerprint density at radius 2 is 1.52 bits per heavy atom. The van der Waals surface area contributed by atoms with E-state index in [0.29, 0.717) is 12.4 Å². The van der Waals surface area contributed by atoms with E-state index in [1.165, 1.54) is 25.0 Å². The van der Waals surface area contributed by atoms with E-state index in [4.69, 9.17) is 14.2 Å². The van der Waals surface area contributed by atoms with Crippen molar-refractivity contribution in [3.63, 3.8) is 0 Å². The number of carbonyl (C=O) groups is 2. The van der Waals surface area contributed by atoms with Gasteiger partial charge >= 0.3 is 11.9 Å². The Morgan fingerprint density at radius 3 is 2.19 bits per heavy atom. The lowest BCUT2D eigenvalue weighted by molar-refractivity contribution is 0.0519. The number of rotatable bonds is 10. The van der Waals surface area contributed by atoms with Crippen molar-refractivity contribution >= 4 is 11.9 Å². The largest absolute Gasteiger partial charge is 0.494 e. The Balaban J connectivity index is 1.90. The molecule has 0 atom stereocenters. The van der Waals surface area contributed by atoms with Gasteiger partial charge in [-0.15, -0.1) is 0 Å². The van der Waals surface area contributed by atoms with Crippen LogP contribution in [0.5, 0.6) is 11.5 Å². The van der Waals surface area contributed by atoms with E-state index in [0.717, 1.165) is 18.6 Å². The van der Waals surface area contributed by atoms with Crippen LogP contribution in [0.3, 0.4) is 0 Å². The van der Waals surface area contributed by atoms with E-state index in [-0.39, 0.29) is 18.0 Å². The van der Waals surface area contributed by atoms with Crippen LogP contribution in [0.2, 0.25) is 0 Å².